The second kappa shape index (κ2) is 8.83. The molecule has 0 N–H and O–H groups in total. The van der Waals surface area contributed by atoms with Crippen molar-refractivity contribution in [3.05, 3.63) is 60.3 Å². The van der Waals surface area contributed by atoms with Crippen LogP contribution in [0.5, 0.6) is 11.5 Å². The van der Waals surface area contributed by atoms with Crippen LogP contribution in [0.25, 0.3) is 11.3 Å². The largest absolute Gasteiger partial charge is 0.486 e. The van der Waals surface area contributed by atoms with E-state index in [2.05, 4.69) is 16.5 Å². The molecule has 2 aromatic carbocycles. The van der Waals surface area contributed by atoms with Crippen LogP contribution < -0.4 is 9.47 Å². The van der Waals surface area contributed by atoms with E-state index in [4.69, 9.17) is 9.47 Å². The van der Waals surface area contributed by atoms with E-state index in [9.17, 15) is 4.79 Å². The molecule has 7 heteroatoms. The lowest BCUT2D eigenvalue weighted by Gasteiger charge is -2.21. The summed E-state index contributed by atoms with van der Waals surface area (Å²) in [5, 5.41) is 0.452. The summed E-state index contributed by atoms with van der Waals surface area (Å²) >= 11 is 1.48. The number of rotatable bonds is 6. The lowest BCUT2D eigenvalue weighted by atomic mass is 10.1. The molecule has 0 saturated carbocycles. The Hall–Kier alpha value is -2.93. The van der Waals surface area contributed by atoms with Crippen LogP contribution in [-0.2, 0) is 11.3 Å². The highest BCUT2D eigenvalue weighted by Crippen LogP contribution is 2.39. The van der Waals surface area contributed by atoms with Crippen molar-refractivity contribution in [1.82, 2.24) is 14.5 Å². The van der Waals surface area contributed by atoms with E-state index in [0.717, 1.165) is 40.0 Å². The molecule has 0 aliphatic carbocycles. The SMILES string of the molecule is CCn1c(-c2ccc3c(c2)OCCO3)cnc1SC(C(=O)N(C)C)c1ccccc1. The molecule has 0 bridgehead atoms. The molecule has 1 aromatic heterocycles. The van der Waals surface area contributed by atoms with Crippen LogP contribution in [0, 0.1) is 0 Å². The molecule has 1 aliphatic heterocycles. The number of likely N-dealkylation sites (N-methyl/N-ethyl adjacent to an activating group) is 1. The van der Waals surface area contributed by atoms with Crippen LogP contribution in [0.2, 0.25) is 0 Å². The Morgan fingerprint density at radius 2 is 1.87 bits per heavy atom. The van der Waals surface area contributed by atoms with Gasteiger partial charge in [0, 0.05) is 26.2 Å². The van der Waals surface area contributed by atoms with Gasteiger partial charge in [0.15, 0.2) is 16.7 Å². The normalized spacial score (nSPS) is 13.7. The Morgan fingerprint density at radius 3 is 2.57 bits per heavy atom. The lowest BCUT2D eigenvalue weighted by Crippen LogP contribution is -2.27. The molecule has 156 valence electrons. The van der Waals surface area contributed by atoms with Gasteiger partial charge in [-0.1, -0.05) is 42.1 Å². The monoisotopic (exact) mass is 423 g/mol. The zero-order valence-corrected chi connectivity index (χ0v) is 18.2. The molecule has 4 rings (SSSR count). The number of hydrogen-bond acceptors (Lipinski definition) is 5. The molecule has 0 radical (unpaired) electrons. The first-order valence-corrected chi connectivity index (χ1v) is 10.8. The fraction of sp³-hybridized carbons (Fsp3) is 0.304. The first-order chi connectivity index (χ1) is 14.6. The van der Waals surface area contributed by atoms with Crippen LogP contribution in [0.15, 0.2) is 59.9 Å². The van der Waals surface area contributed by atoms with E-state index in [-0.39, 0.29) is 11.2 Å². The Kier molecular flexibility index (Phi) is 5.99. The summed E-state index contributed by atoms with van der Waals surface area (Å²) in [6.07, 6.45) is 1.86. The Morgan fingerprint density at radius 1 is 1.13 bits per heavy atom. The van der Waals surface area contributed by atoms with Gasteiger partial charge in [-0.05, 0) is 30.7 Å². The first kappa shape index (κ1) is 20.3. The molecule has 1 unspecified atom stereocenters. The molecule has 1 amide bonds. The van der Waals surface area contributed by atoms with Gasteiger partial charge in [-0.2, -0.15) is 0 Å². The molecule has 2 heterocycles. The second-order valence-electron chi connectivity index (χ2n) is 7.17. The second-order valence-corrected chi connectivity index (χ2v) is 8.24. The molecular formula is C23H25N3O3S. The molecule has 0 saturated heterocycles. The van der Waals surface area contributed by atoms with E-state index in [1.807, 2.05) is 54.7 Å². The Balaban J connectivity index is 1.68. The maximum atomic E-state index is 12.9. The predicted octanol–water partition coefficient (Wildman–Crippen LogP) is 4.26. The number of benzene rings is 2. The molecule has 1 aliphatic rings. The molecular weight excluding hydrogens is 398 g/mol. The fourth-order valence-corrected chi connectivity index (χ4v) is 4.70. The standard InChI is InChI=1S/C23H25N3O3S/c1-4-26-18(17-10-11-19-20(14-17)29-13-12-28-19)15-24-23(26)30-21(22(27)25(2)3)16-8-6-5-7-9-16/h5-11,14-15,21H,4,12-13H2,1-3H3. The zero-order chi connectivity index (χ0) is 21.1. The van der Waals surface area contributed by atoms with Crippen LogP contribution in [0.4, 0.5) is 0 Å². The average Bonchev–Trinajstić information content (AvgIpc) is 3.19. The van der Waals surface area contributed by atoms with Crippen LogP contribution in [0.1, 0.15) is 17.7 Å². The highest BCUT2D eigenvalue weighted by molar-refractivity contribution is 8.00. The van der Waals surface area contributed by atoms with Crippen molar-refractivity contribution in [2.24, 2.45) is 0 Å². The average molecular weight is 424 g/mol. The predicted molar refractivity (Wildman–Crippen MR) is 118 cm³/mol. The summed E-state index contributed by atoms with van der Waals surface area (Å²) in [6.45, 7) is 3.94. The van der Waals surface area contributed by atoms with Crippen molar-refractivity contribution < 1.29 is 14.3 Å². The van der Waals surface area contributed by atoms with Gasteiger partial charge in [0.25, 0.3) is 0 Å². The fourth-order valence-electron chi connectivity index (χ4n) is 3.42. The number of nitrogens with zero attached hydrogens (tertiary/aromatic N) is 3. The lowest BCUT2D eigenvalue weighted by molar-refractivity contribution is -0.128. The third-order valence-corrected chi connectivity index (χ3v) is 6.21. The molecule has 30 heavy (non-hydrogen) atoms. The maximum Gasteiger partial charge on any atom is 0.240 e. The number of hydrogen-bond donors (Lipinski definition) is 0. The topological polar surface area (TPSA) is 56.6 Å². The van der Waals surface area contributed by atoms with Gasteiger partial charge >= 0.3 is 0 Å². The smallest absolute Gasteiger partial charge is 0.240 e. The quantitative estimate of drug-likeness (QED) is 0.555. The maximum absolute atomic E-state index is 12.9. The summed E-state index contributed by atoms with van der Waals surface area (Å²) < 4.78 is 13.5. The van der Waals surface area contributed by atoms with Crippen LogP contribution in [-0.4, -0.2) is 47.7 Å². The highest BCUT2D eigenvalue weighted by atomic mass is 32.2. The first-order valence-electron chi connectivity index (χ1n) is 9.96. The van der Waals surface area contributed by atoms with Gasteiger partial charge < -0.3 is 18.9 Å². The van der Waals surface area contributed by atoms with Crippen molar-refractivity contribution in [3.63, 3.8) is 0 Å². The number of imidazole rings is 1. The van der Waals surface area contributed by atoms with E-state index in [1.165, 1.54) is 11.8 Å². The number of thioether (sulfide) groups is 1. The van der Waals surface area contributed by atoms with E-state index >= 15 is 0 Å². The van der Waals surface area contributed by atoms with Crippen LogP contribution >= 0.6 is 11.8 Å². The summed E-state index contributed by atoms with van der Waals surface area (Å²) in [5.41, 5.74) is 2.96. The number of carbonyl (C=O) groups is 1. The highest BCUT2D eigenvalue weighted by Gasteiger charge is 2.26. The Bertz CT molecular complexity index is 1030. The number of amides is 1. The summed E-state index contributed by atoms with van der Waals surface area (Å²) in [5.74, 6) is 1.56. The third-order valence-electron chi connectivity index (χ3n) is 4.96. The van der Waals surface area contributed by atoms with Crippen LogP contribution in [0.3, 0.4) is 0 Å². The van der Waals surface area contributed by atoms with Crippen molar-refractivity contribution in [2.75, 3.05) is 27.3 Å². The number of fused-ring (bicyclic) bond motifs is 1. The van der Waals surface area contributed by atoms with Gasteiger partial charge in [0.2, 0.25) is 5.91 Å². The van der Waals surface area contributed by atoms with E-state index in [1.54, 1.807) is 19.0 Å². The van der Waals surface area contributed by atoms with E-state index in [0.29, 0.717) is 13.2 Å². The number of aromatic nitrogens is 2. The molecule has 1 atom stereocenters. The molecule has 0 spiro atoms. The van der Waals surface area contributed by atoms with Gasteiger partial charge in [-0.25, -0.2) is 4.98 Å². The third kappa shape index (κ3) is 4.03. The molecule has 6 nitrogen and oxygen atoms in total. The Labute approximate surface area is 180 Å². The summed E-state index contributed by atoms with van der Waals surface area (Å²) in [6, 6.07) is 15.8. The summed E-state index contributed by atoms with van der Waals surface area (Å²) in [7, 11) is 3.57. The molecule has 3 aromatic rings. The number of ether oxygens (including phenoxy) is 2. The minimum atomic E-state index is -0.359. The zero-order valence-electron chi connectivity index (χ0n) is 17.4. The minimum Gasteiger partial charge on any atom is -0.486 e. The summed E-state index contributed by atoms with van der Waals surface area (Å²) in [4.78, 5) is 19.2. The van der Waals surface area contributed by atoms with Crippen molar-refractivity contribution in [3.8, 4) is 22.8 Å². The number of carbonyl (C=O) groups excluding carboxylic acids is 1. The van der Waals surface area contributed by atoms with Crippen molar-refractivity contribution >= 4 is 17.7 Å². The molecule has 0 fully saturated rings. The van der Waals surface area contributed by atoms with Crippen molar-refractivity contribution in [2.45, 2.75) is 23.9 Å². The minimum absolute atomic E-state index is 0.0396. The van der Waals surface area contributed by atoms with Crippen molar-refractivity contribution in [1.29, 1.82) is 0 Å². The van der Waals surface area contributed by atoms with Gasteiger partial charge in [0.05, 0.1) is 11.9 Å². The van der Waals surface area contributed by atoms with Gasteiger partial charge in [-0.15, -0.1) is 0 Å². The van der Waals surface area contributed by atoms with Gasteiger partial charge in [-0.3, -0.25) is 4.79 Å². The van der Waals surface area contributed by atoms with E-state index < -0.39 is 0 Å². The van der Waals surface area contributed by atoms with Gasteiger partial charge in [0.1, 0.15) is 18.5 Å².